The lowest BCUT2D eigenvalue weighted by Gasteiger charge is -2.07. The second kappa shape index (κ2) is 7.34. The molecule has 0 aliphatic rings. The van der Waals surface area contributed by atoms with Gasteiger partial charge in [-0.2, -0.15) is 14.0 Å². The molecule has 7 nitrogen and oxygen atoms in total. The summed E-state index contributed by atoms with van der Waals surface area (Å²) in [4.78, 5) is 1.87. The topological polar surface area (TPSA) is 127 Å². The maximum Gasteiger partial charge on any atom is 0.151 e. The van der Waals surface area contributed by atoms with Crippen molar-refractivity contribution in [2.45, 2.75) is 6.92 Å². The molecule has 0 fully saturated rings. The van der Waals surface area contributed by atoms with Crippen molar-refractivity contribution in [2.24, 2.45) is 0 Å². The van der Waals surface area contributed by atoms with Crippen molar-refractivity contribution in [1.29, 1.82) is 0 Å². The van der Waals surface area contributed by atoms with Gasteiger partial charge in [0.1, 0.15) is 0 Å². The van der Waals surface area contributed by atoms with Crippen LogP contribution < -0.4 is 14.0 Å². The van der Waals surface area contributed by atoms with E-state index in [1.54, 1.807) is 6.92 Å². The smallest absolute Gasteiger partial charge is 0.151 e. The Morgan fingerprint density at radius 3 is 1.80 bits per heavy atom. The van der Waals surface area contributed by atoms with E-state index in [1.165, 1.54) is 0 Å². The van der Waals surface area contributed by atoms with Gasteiger partial charge in [-0.3, -0.25) is 0 Å². The first kappa shape index (κ1) is 17.4. The molecule has 0 aromatic rings. The van der Waals surface area contributed by atoms with Gasteiger partial charge in [0.2, 0.25) is 0 Å². The summed E-state index contributed by atoms with van der Waals surface area (Å²) >= 11 is 0. The largest absolute Gasteiger partial charge is 0.308 e. The average molecular weight is 266 g/mol. The van der Waals surface area contributed by atoms with Crippen molar-refractivity contribution in [1.82, 2.24) is 4.90 Å². The maximum atomic E-state index is 10.9. The van der Waals surface area contributed by atoms with Crippen LogP contribution in [0.3, 0.4) is 0 Å². The molecule has 0 atom stereocenters. The summed E-state index contributed by atoms with van der Waals surface area (Å²) in [5.41, 5.74) is 0. The summed E-state index contributed by atoms with van der Waals surface area (Å²) in [7, 11) is -3.72. The monoisotopic (exact) mass is 265 g/mol. The number of hydrogen-bond donors (Lipinski definition) is 1. The van der Waals surface area contributed by atoms with Crippen LogP contribution in [0.25, 0.3) is 0 Å². The van der Waals surface area contributed by atoms with Gasteiger partial charge < -0.3 is 4.90 Å². The van der Waals surface area contributed by atoms with Gasteiger partial charge in [-0.05, 0) is 14.1 Å². The first-order valence-corrected chi connectivity index (χ1v) is 7.05. The van der Waals surface area contributed by atoms with E-state index in [1.807, 2.05) is 19.0 Å². The Labute approximate surface area is 91.6 Å². The van der Waals surface area contributed by atoms with Gasteiger partial charge in [0, 0.05) is 12.3 Å². The van der Waals surface area contributed by atoms with Crippen molar-refractivity contribution in [2.75, 3.05) is 32.1 Å². The van der Waals surface area contributed by atoms with Crippen molar-refractivity contribution in [3.05, 3.63) is 0 Å². The second-order valence-electron chi connectivity index (χ2n) is 2.94. The minimum Gasteiger partial charge on any atom is -0.308 e. The summed E-state index contributed by atoms with van der Waals surface area (Å²) < 4.78 is 54.5. The second-order valence-corrected chi connectivity index (χ2v) is 6.20. The molecule has 9 heteroatoms. The molecule has 1 N–H and O–H groups in total. The van der Waals surface area contributed by atoms with Crippen LogP contribution in [0.2, 0.25) is 0 Å². The molecule has 0 amide bonds. The van der Waals surface area contributed by atoms with Crippen LogP contribution in [0.4, 0.5) is 0 Å². The summed E-state index contributed by atoms with van der Waals surface area (Å²) in [6, 6.07) is 0. The minimum absolute atomic E-state index is 0.251. The van der Waals surface area contributed by atoms with E-state index in [2.05, 4.69) is 0 Å². The fraction of sp³-hybridized carbons (Fsp3) is 1.00. The summed E-state index contributed by atoms with van der Waals surface area (Å²) in [6.07, 6.45) is 0. The summed E-state index contributed by atoms with van der Waals surface area (Å²) in [5.74, 6) is 0.525. The first-order valence-electron chi connectivity index (χ1n) is 3.96. The third-order valence-electron chi connectivity index (χ3n) is 1.29. The first-order chi connectivity index (χ1) is 6.48. The van der Waals surface area contributed by atoms with Crippen LogP contribution in [0.1, 0.15) is 6.92 Å². The molecule has 0 bridgehead atoms. The van der Waals surface area contributed by atoms with E-state index in [-0.39, 0.29) is 11.5 Å². The van der Waals surface area contributed by atoms with Gasteiger partial charge in [-0.1, -0.05) is 6.92 Å². The van der Waals surface area contributed by atoms with Gasteiger partial charge in [0.25, 0.3) is 0 Å². The van der Waals surface area contributed by atoms with Crippen LogP contribution in [-0.2, 0) is 9.84 Å². The third kappa shape index (κ3) is 24.9. The SMILES string of the molecule is CCS(=O)(=O)CCN(C)C.[O-][Cl+3]([O-])([O-])O. The molecule has 0 aliphatic carbocycles. The fourth-order valence-electron chi connectivity index (χ4n) is 0.466. The van der Waals surface area contributed by atoms with Crippen LogP contribution in [-0.4, -0.2) is 50.1 Å². The summed E-state index contributed by atoms with van der Waals surface area (Å²) in [6.45, 7) is 2.29. The molecule has 0 saturated heterocycles. The Hall–Kier alpha value is 0.0400. The highest BCUT2D eigenvalue weighted by atomic mass is 35.7. The van der Waals surface area contributed by atoms with Crippen molar-refractivity contribution >= 4 is 9.84 Å². The number of halogens is 1. The zero-order chi connectivity index (χ0) is 12.7. The van der Waals surface area contributed by atoms with Crippen LogP contribution in [0.15, 0.2) is 0 Å². The Bertz CT molecular complexity index is 241. The van der Waals surface area contributed by atoms with E-state index >= 15 is 0 Å². The molecular formula is C6H16ClNO6S. The zero-order valence-electron chi connectivity index (χ0n) is 8.84. The molecule has 0 saturated carbocycles. The summed E-state index contributed by atoms with van der Waals surface area (Å²) in [5, 5.41) is 0. The lowest BCUT2D eigenvalue weighted by molar-refractivity contribution is -1.92. The molecule has 0 rings (SSSR count). The normalized spacial score (nSPS) is 12.3. The Balaban J connectivity index is 0. The van der Waals surface area contributed by atoms with Crippen molar-refractivity contribution < 1.29 is 37.3 Å². The molecule has 94 valence electrons. The van der Waals surface area contributed by atoms with Gasteiger partial charge >= 0.3 is 0 Å². The van der Waals surface area contributed by atoms with Gasteiger partial charge in [0.15, 0.2) is 9.84 Å². The lowest BCUT2D eigenvalue weighted by atomic mass is 10.7. The maximum absolute atomic E-state index is 10.9. The van der Waals surface area contributed by atoms with Crippen molar-refractivity contribution in [3.8, 4) is 0 Å². The molecule has 0 aromatic heterocycles. The van der Waals surface area contributed by atoms with Crippen molar-refractivity contribution in [3.63, 3.8) is 0 Å². The van der Waals surface area contributed by atoms with Gasteiger partial charge in [-0.15, -0.1) is 0 Å². The van der Waals surface area contributed by atoms with Gasteiger partial charge in [0.05, 0.1) is 20.7 Å². The number of rotatable bonds is 4. The predicted octanol–water partition coefficient (Wildman–Crippen LogP) is -4.14. The molecule has 0 unspecified atom stereocenters. The highest BCUT2D eigenvalue weighted by Gasteiger charge is 2.06. The number of sulfone groups is 1. The number of hydrogen-bond acceptors (Lipinski definition) is 7. The molecule has 0 heterocycles. The standard InChI is InChI=1S/C6H15NO2S.ClHO4/c1-4-10(8,9)6-5-7(2)3;2-1(3,4)5/h4-6H2,1-3H3;(H,2,3,4,5). The Kier molecular flexibility index (Phi) is 8.53. The van der Waals surface area contributed by atoms with Crippen LogP contribution >= 0.6 is 0 Å². The molecule has 15 heavy (non-hydrogen) atoms. The van der Waals surface area contributed by atoms with Crippen LogP contribution in [0, 0.1) is 10.2 Å². The Morgan fingerprint density at radius 2 is 1.60 bits per heavy atom. The lowest BCUT2D eigenvalue weighted by Crippen LogP contribution is -2.58. The highest BCUT2D eigenvalue weighted by Crippen LogP contribution is 1.89. The van der Waals surface area contributed by atoms with Crippen LogP contribution in [0.5, 0.6) is 0 Å². The molecule has 0 radical (unpaired) electrons. The quantitative estimate of drug-likeness (QED) is 0.547. The predicted molar refractivity (Wildman–Crippen MR) is 45.1 cm³/mol. The molecule has 0 spiro atoms. The van der Waals surface area contributed by atoms with Gasteiger partial charge in [-0.25, -0.2) is 8.42 Å². The van der Waals surface area contributed by atoms with E-state index in [0.29, 0.717) is 6.54 Å². The van der Waals surface area contributed by atoms with E-state index in [9.17, 15) is 8.42 Å². The third-order valence-corrected chi connectivity index (χ3v) is 2.97. The van der Waals surface area contributed by atoms with E-state index < -0.39 is 20.1 Å². The molecule has 0 aliphatic heterocycles. The van der Waals surface area contributed by atoms with E-state index in [4.69, 9.17) is 18.6 Å². The molecule has 0 aromatic carbocycles. The minimum atomic E-state index is -4.69. The zero-order valence-corrected chi connectivity index (χ0v) is 10.4. The fourth-order valence-corrected chi connectivity index (χ4v) is 1.40. The Morgan fingerprint density at radius 1 is 1.27 bits per heavy atom. The highest BCUT2D eigenvalue weighted by molar-refractivity contribution is 7.91. The number of nitrogens with zero attached hydrogens (tertiary/aromatic N) is 1. The van der Waals surface area contributed by atoms with E-state index in [0.717, 1.165) is 0 Å². The molecular weight excluding hydrogens is 250 g/mol. The average Bonchev–Trinajstić information content (AvgIpc) is 1.98.